The summed E-state index contributed by atoms with van der Waals surface area (Å²) < 4.78 is 27.3. The minimum absolute atomic E-state index is 0.170. The summed E-state index contributed by atoms with van der Waals surface area (Å²) in [7, 11) is -3.50. The number of hydrogen-bond acceptors (Lipinski definition) is 4. The largest absolute Gasteiger partial charge is 0.282 e. The molecule has 0 saturated carbocycles. The summed E-state index contributed by atoms with van der Waals surface area (Å²) in [5.74, 6) is 0.170. The van der Waals surface area contributed by atoms with Crippen LogP contribution in [0.15, 0.2) is 17.2 Å². The van der Waals surface area contributed by atoms with Crippen LogP contribution < -0.4 is 0 Å². The molecule has 1 fully saturated rings. The summed E-state index contributed by atoms with van der Waals surface area (Å²) in [5, 5.41) is 13.6. The lowest BCUT2D eigenvalue weighted by Gasteiger charge is -2.31. The maximum absolute atomic E-state index is 12.8. The van der Waals surface area contributed by atoms with Gasteiger partial charge in [-0.05, 0) is 32.8 Å². The van der Waals surface area contributed by atoms with Gasteiger partial charge in [-0.15, -0.1) is 0 Å². The zero-order valence-electron chi connectivity index (χ0n) is 12.1. The van der Waals surface area contributed by atoms with Crippen LogP contribution in [-0.2, 0) is 10.0 Å². The van der Waals surface area contributed by atoms with Crippen LogP contribution in [0.2, 0.25) is 0 Å². The molecule has 1 atom stereocenters. The first-order chi connectivity index (χ1) is 10.00. The molecule has 1 aliphatic heterocycles. The van der Waals surface area contributed by atoms with E-state index >= 15 is 0 Å². The maximum Gasteiger partial charge on any atom is 0.246 e. The molecule has 114 valence electrons. The number of aryl methyl sites for hydroxylation is 2. The molecule has 0 spiro atoms. The van der Waals surface area contributed by atoms with E-state index in [9.17, 15) is 8.42 Å². The van der Waals surface area contributed by atoms with Crippen molar-refractivity contribution in [1.29, 1.82) is 0 Å². The third-order valence-corrected chi connectivity index (χ3v) is 6.13. The van der Waals surface area contributed by atoms with Gasteiger partial charge in [-0.2, -0.15) is 14.5 Å². The van der Waals surface area contributed by atoms with Crippen LogP contribution in [0.25, 0.3) is 0 Å². The normalized spacial score (nSPS) is 20.8. The zero-order valence-corrected chi connectivity index (χ0v) is 12.9. The number of aromatic nitrogens is 4. The van der Waals surface area contributed by atoms with Gasteiger partial charge >= 0.3 is 0 Å². The Labute approximate surface area is 123 Å². The SMILES string of the molecule is Cc1n[nH]c(C)c1S(=O)(=O)N1CCC[C@H](c2ccn[nH]2)C1. The number of hydrogen-bond donors (Lipinski definition) is 2. The highest BCUT2D eigenvalue weighted by Gasteiger charge is 2.34. The maximum atomic E-state index is 12.8. The van der Waals surface area contributed by atoms with E-state index in [4.69, 9.17) is 0 Å². The standard InChI is InChI=1S/C13H19N5O2S/c1-9-13(10(2)16-15-9)21(19,20)18-7-3-4-11(8-18)12-5-6-14-17-12/h5-6,11H,3-4,7-8H2,1-2H3,(H,14,17)(H,15,16)/t11-/m0/s1. The molecular formula is C13H19N5O2S. The Morgan fingerprint density at radius 1 is 1.33 bits per heavy atom. The monoisotopic (exact) mass is 309 g/mol. The predicted octanol–water partition coefficient (Wildman–Crippen LogP) is 1.32. The molecule has 2 N–H and O–H groups in total. The molecule has 3 rings (SSSR count). The first-order valence-electron chi connectivity index (χ1n) is 7.01. The Hall–Kier alpha value is -1.67. The van der Waals surface area contributed by atoms with E-state index in [2.05, 4.69) is 20.4 Å². The average Bonchev–Trinajstić information content (AvgIpc) is 3.09. The van der Waals surface area contributed by atoms with Crippen molar-refractivity contribution in [3.63, 3.8) is 0 Å². The third-order valence-electron chi connectivity index (χ3n) is 4.00. The van der Waals surface area contributed by atoms with Crippen LogP contribution in [-0.4, -0.2) is 46.2 Å². The molecule has 1 saturated heterocycles. The second-order valence-electron chi connectivity index (χ2n) is 5.48. The van der Waals surface area contributed by atoms with E-state index in [-0.39, 0.29) is 5.92 Å². The fourth-order valence-corrected chi connectivity index (χ4v) is 4.81. The fourth-order valence-electron chi connectivity index (χ4n) is 2.96. The quantitative estimate of drug-likeness (QED) is 0.894. The second-order valence-corrected chi connectivity index (χ2v) is 7.35. The molecule has 1 aliphatic rings. The number of piperidine rings is 1. The Balaban J connectivity index is 1.89. The lowest BCUT2D eigenvalue weighted by molar-refractivity contribution is 0.312. The summed E-state index contributed by atoms with van der Waals surface area (Å²) in [6.45, 7) is 4.49. The summed E-state index contributed by atoms with van der Waals surface area (Å²) in [6, 6.07) is 1.91. The van der Waals surface area contributed by atoms with Gasteiger partial charge in [-0.1, -0.05) is 0 Å². The summed E-state index contributed by atoms with van der Waals surface area (Å²) >= 11 is 0. The van der Waals surface area contributed by atoms with Crippen molar-refractivity contribution < 1.29 is 8.42 Å². The molecule has 0 bridgehead atoms. The average molecular weight is 309 g/mol. The number of aromatic amines is 2. The molecule has 2 aromatic heterocycles. The molecule has 7 nitrogen and oxygen atoms in total. The second kappa shape index (κ2) is 5.27. The minimum atomic E-state index is -3.50. The Morgan fingerprint density at radius 2 is 2.14 bits per heavy atom. The highest BCUT2D eigenvalue weighted by atomic mass is 32.2. The van der Waals surface area contributed by atoms with Crippen LogP contribution in [0.5, 0.6) is 0 Å². The Bertz CT molecular complexity index is 700. The van der Waals surface area contributed by atoms with Crippen LogP contribution in [0.1, 0.15) is 35.8 Å². The molecule has 0 aliphatic carbocycles. The lowest BCUT2D eigenvalue weighted by atomic mass is 9.96. The summed E-state index contributed by atoms with van der Waals surface area (Å²) in [6.07, 6.45) is 3.52. The van der Waals surface area contributed by atoms with Gasteiger partial charge in [0, 0.05) is 30.9 Å². The van der Waals surface area contributed by atoms with E-state index < -0.39 is 10.0 Å². The van der Waals surface area contributed by atoms with Gasteiger partial charge in [0.1, 0.15) is 4.90 Å². The third kappa shape index (κ3) is 2.49. The van der Waals surface area contributed by atoms with E-state index in [1.54, 1.807) is 24.3 Å². The molecule has 0 aromatic carbocycles. The molecule has 0 radical (unpaired) electrons. The molecule has 21 heavy (non-hydrogen) atoms. The molecule has 8 heteroatoms. The van der Waals surface area contributed by atoms with Gasteiger partial charge < -0.3 is 0 Å². The number of rotatable bonds is 3. The molecule has 2 aromatic rings. The van der Waals surface area contributed by atoms with E-state index in [0.29, 0.717) is 29.4 Å². The van der Waals surface area contributed by atoms with Crippen molar-refractivity contribution in [3.8, 4) is 0 Å². The molecule has 3 heterocycles. The van der Waals surface area contributed by atoms with Gasteiger partial charge in [0.15, 0.2) is 0 Å². The van der Waals surface area contributed by atoms with Crippen LogP contribution in [0.4, 0.5) is 0 Å². The van der Waals surface area contributed by atoms with E-state index in [1.807, 2.05) is 6.07 Å². The number of nitrogens with zero attached hydrogens (tertiary/aromatic N) is 3. The van der Waals surface area contributed by atoms with Crippen LogP contribution in [0, 0.1) is 13.8 Å². The van der Waals surface area contributed by atoms with Gasteiger partial charge in [-0.25, -0.2) is 8.42 Å². The Kier molecular flexibility index (Phi) is 3.58. The first kappa shape index (κ1) is 14.3. The molecule has 0 amide bonds. The summed E-state index contributed by atoms with van der Waals surface area (Å²) in [5.41, 5.74) is 2.11. The van der Waals surface area contributed by atoms with E-state index in [1.165, 1.54) is 0 Å². The van der Waals surface area contributed by atoms with Crippen molar-refractivity contribution >= 4 is 10.0 Å². The van der Waals surface area contributed by atoms with Gasteiger partial charge in [0.05, 0.1) is 11.4 Å². The Morgan fingerprint density at radius 3 is 2.76 bits per heavy atom. The minimum Gasteiger partial charge on any atom is -0.282 e. The highest BCUT2D eigenvalue weighted by Crippen LogP contribution is 2.30. The van der Waals surface area contributed by atoms with Gasteiger partial charge in [-0.3, -0.25) is 10.2 Å². The predicted molar refractivity (Wildman–Crippen MR) is 77.4 cm³/mol. The van der Waals surface area contributed by atoms with Gasteiger partial charge in [0.25, 0.3) is 0 Å². The zero-order chi connectivity index (χ0) is 15.0. The molecule has 0 unspecified atom stereocenters. The van der Waals surface area contributed by atoms with Crippen LogP contribution >= 0.6 is 0 Å². The van der Waals surface area contributed by atoms with Crippen molar-refractivity contribution in [2.24, 2.45) is 0 Å². The van der Waals surface area contributed by atoms with Gasteiger partial charge in [0.2, 0.25) is 10.0 Å². The molecular weight excluding hydrogens is 290 g/mol. The number of nitrogens with one attached hydrogen (secondary N) is 2. The lowest BCUT2D eigenvalue weighted by Crippen LogP contribution is -2.39. The van der Waals surface area contributed by atoms with Crippen LogP contribution in [0.3, 0.4) is 0 Å². The van der Waals surface area contributed by atoms with Crippen molar-refractivity contribution in [2.45, 2.75) is 37.5 Å². The smallest absolute Gasteiger partial charge is 0.246 e. The number of sulfonamides is 1. The topological polar surface area (TPSA) is 94.7 Å². The van der Waals surface area contributed by atoms with Crippen molar-refractivity contribution in [1.82, 2.24) is 24.7 Å². The first-order valence-corrected chi connectivity index (χ1v) is 8.45. The van der Waals surface area contributed by atoms with Crippen molar-refractivity contribution in [3.05, 3.63) is 29.3 Å². The van der Waals surface area contributed by atoms with E-state index in [0.717, 1.165) is 18.5 Å². The highest BCUT2D eigenvalue weighted by molar-refractivity contribution is 7.89. The fraction of sp³-hybridized carbons (Fsp3) is 0.538. The number of H-pyrrole nitrogens is 2. The summed E-state index contributed by atoms with van der Waals surface area (Å²) in [4.78, 5) is 0.313. The van der Waals surface area contributed by atoms with Crippen molar-refractivity contribution in [2.75, 3.05) is 13.1 Å².